The third-order valence-corrected chi connectivity index (χ3v) is 2.91. The number of nitrogens with one attached hydrogen (secondary N) is 2. The highest BCUT2D eigenvalue weighted by molar-refractivity contribution is 6.00. The van der Waals surface area contributed by atoms with Gasteiger partial charge in [0.1, 0.15) is 5.41 Å². The number of carboxylic acid groups (broad SMARTS) is 1. The zero-order valence-corrected chi connectivity index (χ0v) is 10.8. The highest BCUT2D eigenvalue weighted by atomic mass is 16.4. The Labute approximate surface area is 106 Å². The third kappa shape index (κ3) is 4.35. The molecule has 1 aliphatic rings. The molecule has 0 heterocycles. The van der Waals surface area contributed by atoms with Crippen LogP contribution in [0.1, 0.15) is 39.5 Å². The molecule has 18 heavy (non-hydrogen) atoms. The highest BCUT2D eigenvalue weighted by Gasteiger charge is 2.35. The Bertz CT molecular complexity index is 348. The molecule has 0 aliphatic heterocycles. The first-order chi connectivity index (χ1) is 8.34. The monoisotopic (exact) mass is 256 g/mol. The molecule has 0 atom stereocenters. The molecule has 0 aromatic rings. The summed E-state index contributed by atoms with van der Waals surface area (Å²) in [6, 6.07) is 0.345. The summed E-state index contributed by atoms with van der Waals surface area (Å²) >= 11 is 0. The zero-order valence-electron chi connectivity index (χ0n) is 10.8. The van der Waals surface area contributed by atoms with Crippen LogP contribution in [0.5, 0.6) is 0 Å². The van der Waals surface area contributed by atoms with Crippen LogP contribution in [0.4, 0.5) is 0 Å². The lowest BCUT2D eigenvalue weighted by molar-refractivity contribution is -0.153. The molecular formula is C12H20N2O4. The van der Waals surface area contributed by atoms with Crippen LogP contribution in [0, 0.1) is 5.41 Å². The maximum absolute atomic E-state index is 11.5. The Hall–Kier alpha value is -1.59. The van der Waals surface area contributed by atoms with E-state index in [1.165, 1.54) is 13.8 Å². The molecule has 1 fully saturated rings. The van der Waals surface area contributed by atoms with Gasteiger partial charge in [-0.1, -0.05) is 0 Å². The lowest BCUT2D eigenvalue weighted by Gasteiger charge is -2.18. The molecule has 0 bridgehead atoms. The van der Waals surface area contributed by atoms with Gasteiger partial charge in [0, 0.05) is 19.0 Å². The van der Waals surface area contributed by atoms with E-state index in [2.05, 4.69) is 10.6 Å². The van der Waals surface area contributed by atoms with E-state index in [0.29, 0.717) is 25.4 Å². The molecule has 0 radical (unpaired) electrons. The summed E-state index contributed by atoms with van der Waals surface area (Å²) in [4.78, 5) is 33.7. The van der Waals surface area contributed by atoms with E-state index in [1.807, 2.05) is 0 Å². The van der Waals surface area contributed by atoms with Crippen LogP contribution in [0.15, 0.2) is 0 Å². The fourth-order valence-electron chi connectivity index (χ4n) is 1.30. The largest absolute Gasteiger partial charge is 0.480 e. The number of hydrogen-bond acceptors (Lipinski definition) is 3. The minimum Gasteiger partial charge on any atom is -0.480 e. The van der Waals surface area contributed by atoms with Gasteiger partial charge in [-0.2, -0.15) is 0 Å². The van der Waals surface area contributed by atoms with E-state index in [0.717, 1.165) is 12.8 Å². The molecule has 0 saturated heterocycles. The van der Waals surface area contributed by atoms with Crippen LogP contribution >= 0.6 is 0 Å². The van der Waals surface area contributed by atoms with Crippen LogP contribution in [0.3, 0.4) is 0 Å². The van der Waals surface area contributed by atoms with Crippen LogP contribution in [0.2, 0.25) is 0 Å². The molecule has 0 unspecified atom stereocenters. The van der Waals surface area contributed by atoms with Crippen molar-refractivity contribution in [3.05, 3.63) is 0 Å². The van der Waals surface area contributed by atoms with Gasteiger partial charge < -0.3 is 15.7 Å². The number of carbonyl (C=O) groups is 3. The van der Waals surface area contributed by atoms with Crippen molar-refractivity contribution in [2.45, 2.75) is 45.6 Å². The molecular weight excluding hydrogens is 236 g/mol. The van der Waals surface area contributed by atoms with Gasteiger partial charge in [-0.05, 0) is 33.1 Å². The van der Waals surface area contributed by atoms with Crippen molar-refractivity contribution in [2.24, 2.45) is 5.41 Å². The van der Waals surface area contributed by atoms with Crippen molar-refractivity contribution in [1.29, 1.82) is 0 Å². The molecule has 0 aromatic heterocycles. The van der Waals surface area contributed by atoms with Crippen molar-refractivity contribution in [1.82, 2.24) is 10.6 Å². The fraction of sp³-hybridized carbons (Fsp3) is 0.750. The summed E-state index contributed by atoms with van der Waals surface area (Å²) in [5, 5.41) is 14.2. The van der Waals surface area contributed by atoms with Gasteiger partial charge in [0.15, 0.2) is 0 Å². The first-order valence-electron chi connectivity index (χ1n) is 6.15. The normalized spacial score (nSPS) is 15.0. The summed E-state index contributed by atoms with van der Waals surface area (Å²) in [7, 11) is 0. The van der Waals surface area contributed by atoms with Gasteiger partial charge in [-0.3, -0.25) is 14.4 Å². The minimum atomic E-state index is -1.43. The lowest BCUT2D eigenvalue weighted by atomic mass is 9.93. The molecule has 2 amide bonds. The maximum Gasteiger partial charge on any atom is 0.318 e. The van der Waals surface area contributed by atoms with Gasteiger partial charge in [0.2, 0.25) is 11.8 Å². The Morgan fingerprint density at radius 2 is 1.89 bits per heavy atom. The Morgan fingerprint density at radius 1 is 1.28 bits per heavy atom. The van der Waals surface area contributed by atoms with E-state index in [1.54, 1.807) is 0 Å². The van der Waals surface area contributed by atoms with Crippen LogP contribution in [-0.2, 0) is 14.4 Å². The van der Waals surface area contributed by atoms with Crippen LogP contribution < -0.4 is 10.6 Å². The second kappa shape index (κ2) is 5.84. The molecule has 0 aromatic carbocycles. The fourth-order valence-corrected chi connectivity index (χ4v) is 1.30. The summed E-state index contributed by atoms with van der Waals surface area (Å²) in [5.74, 6) is -1.70. The van der Waals surface area contributed by atoms with Crippen molar-refractivity contribution in [3.8, 4) is 0 Å². The first-order valence-corrected chi connectivity index (χ1v) is 6.15. The summed E-state index contributed by atoms with van der Waals surface area (Å²) in [6.45, 7) is 3.02. The standard InChI is InChI=1S/C12H20N2O4/c1-12(2,11(17)18)10(16)13-7-3-4-9(15)14-8-5-6-8/h8H,3-7H2,1-2H3,(H,13,16)(H,14,15)(H,17,18). The van der Waals surface area contributed by atoms with E-state index in [9.17, 15) is 14.4 Å². The second-order valence-corrected chi connectivity index (χ2v) is 5.13. The number of rotatable bonds is 7. The molecule has 1 aliphatic carbocycles. The second-order valence-electron chi connectivity index (χ2n) is 5.13. The number of hydrogen-bond donors (Lipinski definition) is 3. The van der Waals surface area contributed by atoms with E-state index in [-0.39, 0.29) is 5.91 Å². The topological polar surface area (TPSA) is 95.5 Å². The molecule has 1 rings (SSSR count). The van der Waals surface area contributed by atoms with Crippen molar-refractivity contribution >= 4 is 17.8 Å². The number of carboxylic acids is 1. The van der Waals surface area contributed by atoms with Gasteiger partial charge in [-0.25, -0.2) is 0 Å². The van der Waals surface area contributed by atoms with E-state index < -0.39 is 17.3 Å². The molecule has 0 spiro atoms. The first kappa shape index (κ1) is 14.5. The average Bonchev–Trinajstić information content (AvgIpc) is 3.07. The minimum absolute atomic E-state index is 0.00996. The quantitative estimate of drug-likeness (QED) is 0.450. The Kier molecular flexibility index (Phi) is 4.69. The number of carbonyl (C=O) groups excluding carboxylic acids is 2. The Morgan fingerprint density at radius 3 is 2.39 bits per heavy atom. The molecule has 1 saturated carbocycles. The van der Waals surface area contributed by atoms with Crippen molar-refractivity contribution in [2.75, 3.05) is 6.54 Å². The average molecular weight is 256 g/mol. The molecule has 3 N–H and O–H groups in total. The molecule has 6 nitrogen and oxygen atoms in total. The molecule has 102 valence electrons. The Balaban J connectivity index is 2.15. The van der Waals surface area contributed by atoms with Gasteiger partial charge in [-0.15, -0.1) is 0 Å². The van der Waals surface area contributed by atoms with Crippen LogP contribution in [-0.4, -0.2) is 35.5 Å². The maximum atomic E-state index is 11.5. The SMILES string of the molecule is CC(C)(C(=O)O)C(=O)NCCCC(=O)NC1CC1. The number of aliphatic carboxylic acids is 1. The highest BCUT2D eigenvalue weighted by Crippen LogP contribution is 2.18. The number of amides is 2. The summed E-state index contributed by atoms with van der Waals surface area (Å²) in [5.41, 5.74) is -1.43. The lowest BCUT2D eigenvalue weighted by Crippen LogP contribution is -2.42. The van der Waals surface area contributed by atoms with Crippen molar-refractivity contribution < 1.29 is 19.5 Å². The van der Waals surface area contributed by atoms with Crippen molar-refractivity contribution in [3.63, 3.8) is 0 Å². The molecule has 6 heteroatoms. The zero-order chi connectivity index (χ0) is 13.8. The van der Waals surface area contributed by atoms with E-state index >= 15 is 0 Å². The summed E-state index contributed by atoms with van der Waals surface area (Å²) in [6.07, 6.45) is 2.97. The van der Waals surface area contributed by atoms with Crippen LogP contribution in [0.25, 0.3) is 0 Å². The predicted molar refractivity (Wildman–Crippen MR) is 64.8 cm³/mol. The van der Waals surface area contributed by atoms with E-state index in [4.69, 9.17) is 5.11 Å². The third-order valence-electron chi connectivity index (χ3n) is 2.91. The van der Waals surface area contributed by atoms with Gasteiger partial charge in [0.25, 0.3) is 0 Å². The van der Waals surface area contributed by atoms with Gasteiger partial charge in [0.05, 0.1) is 0 Å². The predicted octanol–water partition coefficient (Wildman–Crippen LogP) is 0.272. The summed E-state index contributed by atoms with van der Waals surface area (Å²) < 4.78 is 0. The smallest absolute Gasteiger partial charge is 0.318 e. The van der Waals surface area contributed by atoms with Gasteiger partial charge >= 0.3 is 5.97 Å².